The Morgan fingerprint density at radius 1 is 1.30 bits per heavy atom. The van der Waals surface area contributed by atoms with Gasteiger partial charge in [0.2, 0.25) is 0 Å². The lowest BCUT2D eigenvalue weighted by Gasteiger charge is -2.10. The molecule has 0 amide bonds. The number of nitrogens with two attached hydrogens (primary N) is 1. The Labute approximate surface area is 139 Å². The number of halogens is 1. The van der Waals surface area contributed by atoms with E-state index in [0.717, 1.165) is 23.1 Å². The van der Waals surface area contributed by atoms with E-state index in [4.69, 9.17) is 5.73 Å². The van der Waals surface area contributed by atoms with Crippen molar-refractivity contribution in [1.29, 1.82) is 0 Å². The van der Waals surface area contributed by atoms with Crippen LogP contribution in [-0.2, 0) is 0 Å². The zero-order valence-electron chi connectivity index (χ0n) is 14.3. The second-order valence-corrected chi connectivity index (χ2v) is 5.82. The van der Waals surface area contributed by atoms with Gasteiger partial charge in [-0.2, -0.15) is 0 Å². The smallest absolute Gasteiger partial charge is 0.132 e. The van der Waals surface area contributed by atoms with Gasteiger partial charge >= 0.3 is 0 Å². The molecule has 2 heteroatoms. The van der Waals surface area contributed by atoms with Gasteiger partial charge in [0.05, 0.1) is 0 Å². The lowest BCUT2D eigenvalue weighted by molar-refractivity contribution is 0.623. The van der Waals surface area contributed by atoms with E-state index in [9.17, 15) is 4.39 Å². The molecule has 0 atom stereocenters. The van der Waals surface area contributed by atoms with Crippen molar-refractivity contribution < 1.29 is 4.39 Å². The largest absolute Gasteiger partial charge is 0.398 e. The van der Waals surface area contributed by atoms with E-state index in [1.165, 1.54) is 6.07 Å². The number of hydrogen-bond donors (Lipinski definition) is 1. The minimum atomic E-state index is -0.329. The minimum absolute atomic E-state index is 0.329. The van der Waals surface area contributed by atoms with Crippen LogP contribution in [0.3, 0.4) is 0 Å². The first-order valence-corrected chi connectivity index (χ1v) is 7.80. The molecule has 0 radical (unpaired) electrons. The zero-order chi connectivity index (χ0) is 17.4. The molecule has 122 valence electrons. The Kier molecular flexibility index (Phi) is 7.27. The molecule has 0 aromatic heterocycles. The molecule has 1 aromatic rings. The third kappa shape index (κ3) is 5.41. The Bertz CT molecular complexity index is 660. The zero-order valence-corrected chi connectivity index (χ0v) is 14.3. The van der Waals surface area contributed by atoms with Crippen molar-refractivity contribution >= 4 is 11.3 Å². The van der Waals surface area contributed by atoms with Gasteiger partial charge in [-0.05, 0) is 54.2 Å². The molecule has 0 aliphatic carbocycles. The summed E-state index contributed by atoms with van der Waals surface area (Å²) in [6.45, 7) is 13.7. The molecule has 0 heterocycles. The highest BCUT2D eigenvalue weighted by atomic mass is 19.1. The predicted octanol–water partition coefficient (Wildman–Crippen LogP) is 5.87. The van der Waals surface area contributed by atoms with Crippen LogP contribution in [0.4, 0.5) is 4.39 Å². The summed E-state index contributed by atoms with van der Waals surface area (Å²) in [6.07, 6.45) is 10.0. The average molecular weight is 311 g/mol. The highest BCUT2D eigenvalue weighted by Gasteiger charge is 2.09. The van der Waals surface area contributed by atoms with Crippen LogP contribution in [0.25, 0.3) is 11.3 Å². The molecular weight excluding hydrogens is 285 g/mol. The van der Waals surface area contributed by atoms with Crippen LogP contribution in [-0.4, -0.2) is 0 Å². The van der Waals surface area contributed by atoms with Gasteiger partial charge in [0, 0.05) is 11.3 Å². The summed E-state index contributed by atoms with van der Waals surface area (Å²) in [7, 11) is 0. The first-order valence-electron chi connectivity index (χ1n) is 7.80. The lowest BCUT2D eigenvalue weighted by atomic mass is 9.98. The first kappa shape index (κ1) is 18.7. The van der Waals surface area contributed by atoms with E-state index in [1.807, 2.05) is 25.2 Å². The second-order valence-electron chi connectivity index (χ2n) is 5.82. The van der Waals surface area contributed by atoms with Crippen LogP contribution < -0.4 is 5.73 Å². The third-order valence-corrected chi connectivity index (χ3v) is 3.48. The van der Waals surface area contributed by atoms with Gasteiger partial charge in [0.15, 0.2) is 0 Å². The average Bonchev–Trinajstić information content (AvgIpc) is 2.52. The number of allylic oxidation sites excluding steroid dienone is 7. The van der Waals surface area contributed by atoms with Crippen LogP contribution in [0.2, 0.25) is 0 Å². The summed E-state index contributed by atoms with van der Waals surface area (Å²) in [5.74, 6) is 0.189. The maximum Gasteiger partial charge on any atom is 0.132 e. The van der Waals surface area contributed by atoms with Gasteiger partial charge in [-0.25, -0.2) is 4.39 Å². The van der Waals surface area contributed by atoms with Crippen molar-refractivity contribution in [3.8, 4) is 0 Å². The highest BCUT2D eigenvalue weighted by Crippen LogP contribution is 2.24. The van der Waals surface area contributed by atoms with E-state index in [-0.39, 0.29) is 5.82 Å². The Balaban J connectivity index is 3.28. The van der Waals surface area contributed by atoms with Crippen LogP contribution >= 0.6 is 0 Å². The minimum Gasteiger partial charge on any atom is -0.398 e. The molecule has 0 aliphatic rings. The molecule has 0 saturated heterocycles. The van der Waals surface area contributed by atoms with E-state index in [2.05, 4.69) is 27.0 Å². The molecule has 0 saturated carbocycles. The molecule has 1 nitrogen and oxygen atoms in total. The van der Waals surface area contributed by atoms with Gasteiger partial charge in [-0.3, -0.25) is 0 Å². The van der Waals surface area contributed by atoms with Crippen LogP contribution in [0.1, 0.15) is 38.3 Å². The standard InChI is InChI=1S/C21H26FN/c1-6-9-17(8-3)18-10-11-20(22)19(14-18)21(23)13-16(7-2)12-15(4)5/h6-11,13-15H,1,3,12,23H2,2,4-5H3/b16-7-,17-9+,21-13-. The first-order chi connectivity index (χ1) is 10.9. The SMILES string of the molecule is C=C/C=C(\C=C)c1ccc(F)c(/C(N)=C/C(=C\C)CC(C)C)c1. The fourth-order valence-corrected chi connectivity index (χ4v) is 2.34. The van der Waals surface area contributed by atoms with E-state index >= 15 is 0 Å². The summed E-state index contributed by atoms with van der Waals surface area (Å²) in [5, 5.41) is 0. The molecule has 1 rings (SSSR count). The lowest BCUT2D eigenvalue weighted by Crippen LogP contribution is -2.02. The number of benzene rings is 1. The fraction of sp³-hybridized carbons (Fsp3) is 0.238. The van der Waals surface area contributed by atoms with E-state index in [0.29, 0.717) is 17.2 Å². The summed E-state index contributed by atoms with van der Waals surface area (Å²) in [6, 6.07) is 4.90. The normalized spacial score (nSPS) is 13.3. The topological polar surface area (TPSA) is 26.0 Å². The number of rotatable bonds is 7. The molecular formula is C21H26FN. The van der Waals surface area contributed by atoms with Crippen LogP contribution in [0.5, 0.6) is 0 Å². The Hall–Kier alpha value is -2.35. The van der Waals surface area contributed by atoms with Crippen molar-refractivity contribution in [2.24, 2.45) is 11.7 Å². The predicted molar refractivity (Wildman–Crippen MR) is 100 cm³/mol. The third-order valence-electron chi connectivity index (χ3n) is 3.48. The van der Waals surface area contributed by atoms with E-state index in [1.54, 1.807) is 24.3 Å². The van der Waals surface area contributed by atoms with E-state index < -0.39 is 0 Å². The molecule has 0 bridgehead atoms. The maximum absolute atomic E-state index is 14.2. The van der Waals surface area contributed by atoms with Gasteiger partial charge in [-0.15, -0.1) is 0 Å². The Morgan fingerprint density at radius 3 is 2.52 bits per heavy atom. The van der Waals surface area contributed by atoms with Gasteiger partial charge in [-0.1, -0.05) is 57.4 Å². The molecule has 0 unspecified atom stereocenters. The van der Waals surface area contributed by atoms with Crippen LogP contribution in [0, 0.1) is 11.7 Å². The Morgan fingerprint density at radius 2 is 2.00 bits per heavy atom. The fourth-order valence-electron chi connectivity index (χ4n) is 2.34. The molecule has 0 spiro atoms. The van der Waals surface area contributed by atoms with Gasteiger partial charge < -0.3 is 5.73 Å². The monoisotopic (exact) mass is 311 g/mol. The molecule has 2 N–H and O–H groups in total. The number of hydrogen-bond acceptors (Lipinski definition) is 1. The van der Waals surface area contributed by atoms with Crippen molar-refractivity contribution in [1.82, 2.24) is 0 Å². The second kappa shape index (κ2) is 8.94. The van der Waals surface area contributed by atoms with Crippen molar-refractivity contribution in [3.05, 3.63) is 84.3 Å². The van der Waals surface area contributed by atoms with Crippen LogP contribution in [0.15, 0.2) is 67.3 Å². The van der Waals surface area contributed by atoms with Crippen molar-refractivity contribution in [2.75, 3.05) is 0 Å². The summed E-state index contributed by atoms with van der Waals surface area (Å²) < 4.78 is 14.2. The molecule has 0 fully saturated rings. The van der Waals surface area contributed by atoms with Crippen molar-refractivity contribution in [2.45, 2.75) is 27.2 Å². The highest BCUT2D eigenvalue weighted by molar-refractivity contribution is 5.77. The quantitative estimate of drug-likeness (QED) is 0.626. The van der Waals surface area contributed by atoms with Crippen molar-refractivity contribution in [3.63, 3.8) is 0 Å². The summed E-state index contributed by atoms with van der Waals surface area (Å²) in [5.41, 5.74) is 9.82. The molecule has 0 aliphatic heterocycles. The summed E-state index contributed by atoms with van der Waals surface area (Å²) >= 11 is 0. The summed E-state index contributed by atoms with van der Waals surface area (Å²) in [4.78, 5) is 0. The van der Waals surface area contributed by atoms with Gasteiger partial charge in [0.25, 0.3) is 0 Å². The maximum atomic E-state index is 14.2. The molecule has 23 heavy (non-hydrogen) atoms. The molecule has 1 aromatic carbocycles. The van der Waals surface area contributed by atoms with Gasteiger partial charge in [0.1, 0.15) is 5.82 Å².